The monoisotopic (exact) mass is 266 g/mol. The molecule has 0 bridgehead atoms. The van der Waals surface area contributed by atoms with Crippen molar-refractivity contribution in [3.8, 4) is 0 Å². The van der Waals surface area contributed by atoms with E-state index in [1.54, 1.807) is 24.1 Å². The van der Waals surface area contributed by atoms with Gasteiger partial charge in [0.05, 0.1) is 0 Å². The van der Waals surface area contributed by atoms with Crippen molar-refractivity contribution >= 4 is 23.4 Å². The number of carbonyl (C=O) groups is 1. The van der Waals surface area contributed by atoms with Crippen LogP contribution >= 0.6 is 0 Å². The Morgan fingerprint density at radius 1 is 1.10 bits per heavy atom. The minimum absolute atomic E-state index is 0.0591. The van der Waals surface area contributed by atoms with Crippen LogP contribution in [0.4, 0.5) is 11.4 Å². The van der Waals surface area contributed by atoms with E-state index >= 15 is 0 Å². The first-order valence-electron chi connectivity index (χ1n) is 6.45. The average molecular weight is 266 g/mol. The van der Waals surface area contributed by atoms with Crippen molar-refractivity contribution in [1.29, 1.82) is 0 Å². The van der Waals surface area contributed by atoms with Crippen LogP contribution in [0.1, 0.15) is 11.1 Å². The summed E-state index contributed by atoms with van der Waals surface area (Å²) < 4.78 is 0. The molecule has 0 aromatic heterocycles. The molecule has 1 amide bonds. The second-order valence-electron chi connectivity index (χ2n) is 4.68. The lowest BCUT2D eigenvalue weighted by Crippen LogP contribution is -2.24. The molecule has 0 unspecified atom stereocenters. The standard InChI is InChI=1S/C17H18N2O/c1-13-5-3-4-6-16(13)19(2)17(20)12-9-14-7-10-15(18)11-8-14/h3-12H,18H2,1-2H3/b12-9+. The van der Waals surface area contributed by atoms with Crippen LogP contribution in [0, 0.1) is 6.92 Å². The lowest BCUT2D eigenvalue weighted by atomic mass is 10.1. The van der Waals surface area contributed by atoms with E-state index in [2.05, 4.69) is 0 Å². The summed E-state index contributed by atoms with van der Waals surface area (Å²) in [5, 5.41) is 0. The number of amides is 1. The van der Waals surface area contributed by atoms with Crippen molar-refractivity contribution in [1.82, 2.24) is 0 Å². The quantitative estimate of drug-likeness (QED) is 0.684. The number of carbonyl (C=O) groups excluding carboxylic acids is 1. The second-order valence-corrected chi connectivity index (χ2v) is 4.68. The molecule has 0 atom stereocenters. The molecule has 0 fully saturated rings. The Balaban J connectivity index is 2.12. The van der Waals surface area contributed by atoms with Gasteiger partial charge in [-0.1, -0.05) is 30.3 Å². The van der Waals surface area contributed by atoms with Crippen LogP contribution in [-0.4, -0.2) is 13.0 Å². The third-order valence-corrected chi connectivity index (χ3v) is 3.16. The largest absolute Gasteiger partial charge is 0.399 e. The topological polar surface area (TPSA) is 46.3 Å². The Labute approximate surface area is 119 Å². The highest BCUT2D eigenvalue weighted by molar-refractivity contribution is 6.03. The normalized spacial score (nSPS) is 10.7. The summed E-state index contributed by atoms with van der Waals surface area (Å²) in [5.41, 5.74) is 9.28. The third-order valence-electron chi connectivity index (χ3n) is 3.16. The molecule has 2 aromatic rings. The molecule has 2 aromatic carbocycles. The molecule has 0 aliphatic heterocycles. The zero-order valence-electron chi connectivity index (χ0n) is 11.7. The number of para-hydroxylation sites is 1. The van der Waals surface area contributed by atoms with Gasteiger partial charge in [0, 0.05) is 24.5 Å². The molecule has 20 heavy (non-hydrogen) atoms. The van der Waals surface area contributed by atoms with Gasteiger partial charge in [-0.15, -0.1) is 0 Å². The second kappa shape index (κ2) is 6.06. The van der Waals surface area contributed by atoms with Crippen molar-refractivity contribution in [2.24, 2.45) is 0 Å². The van der Waals surface area contributed by atoms with Crippen molar-refractivity contribution in [2.75, 3.05) is 17.7 Å². The highest BCUT2D eigenvalue weighted by Crippen LogP contribution is 2.18. The maximum absolute atomic E-state index is 12.2. The SMILES string of the molecule is Cc1ccccc1N(C)C(=O)/C=C/c1ccc(N)cc1. The molecule has 0 saturated heterocycles. The maximum Gasteiger partial charge on any atom is 0.250 e. The summed E-state index contributed by atoms with van der Waals surface area (Å²) in [7, 11) is 1.78. The van der Waals surface area contributed by atoms with E-state index in [4.69, 9.17) is 5.73 Å². The lowest BCUT2D eigenvalue weighted by molar-refractivity contribution is -0.113. The van der Waals surface area contributed by atoms with Crippen LogP contribution in [0.5, 0.6) is 0 Å². The van der Waals surface area contributed by atoms with Crippen LogP contribution in [0.25, 0.3) is 6.08 Å². The van der Waals surface area contributed by atoms with Gasteiger partial charge in [0.2, 0.25) is 0 Å². The lowest BCUT2D eigenvalue weighted by Gasteiger charge is -2.17. The van der Waals surface area contributed by atoms with E-state index in [1.807, 2.05) is 55.5 Å². The van der Waals surface area contributed by atoms with Crippen molar-refractivity contribution in [3.05, 3.63) is 65.7 Å². The first kappa shape index (κ1) is 13.9. The van der Waals surface area contributed by atoms with Crippen LogP contribution in [0.3, 0.4) is 0 Å². The smallest absolute Gasteiger partial charge is 0.250 e. The molecular weight excluding hydrogens is 248 g/mol. The predicted molar refractivity (Wildman–Crippen MR) is 84.5 cm³/mol. The number of nitrogens with zero attached hydrogens (tertiary/aromatic N) is 1. The van der Waals surface area contributed by atoms with E-state index in [1.165, 1.54) is 0 Å². The zero-order valence-corrected chi connectivity index (χ0v) is 11.7. The Morgan fingerprint density at radius 2 is 1.75 bits per heavy atom. The number of rotatable bonds is 3. The minimum Gasteiger partial charge on any atom is -0.399 e. The Kier molecular flexibility index (Phi) is 4.20. The summed E-state index contributed by atoms with van der Waals surface area (Å²) in [6.45, 7) is 1.99. The van der Waals surface area contributed by atoms with Gasteiger partial charge in [-0.3, -0.25) is 4.79 Å². The number of hydrogen-bond donors (Lipinski definition) is 1. The molecule has 0 aliphatic carbocycles. The Bertz CT molecular complexity index is 630. The molecule has 0 aliphatic rings. The van der Waals surface area contributed by atoms with E-state index in [9.17, 15) is 4.79 Å². The van der Waals surface area contributed by atoms with Gasteiger partial charge in [0.15, 0.2) is 0 Å². The zero-order chi connectivity index (χ0) is 14.5. The maximum atomic E-state index is 12.2. The Hall–Kier alpha value is -2.55. The van der Waals surface area contributed by atoms with Crippen molar-refractivity contribution < 1.29 is 4.79 Å². The van der Waals surface area contributed by atoms with E-state index in [0.717, 1.165) is 16.8 Å². The molecule has 0 spiro atoms. The van der Waals surface area contributed by atoms with E-state index in [-0.39, 0.29) is 5.91 Å². The molecule has 3 heteroatoms. The van der Waals surface area contributed by atoms with Gasteiger partial charge < -0.3 is 10.6 Å². The molecule has 0 heterocycles. The van der Waals surface area contributed by atoms with E-state index < -0.39 is 0 Å². The van der Waals surface area contributed by atoms with Gasteiger partial charge in [-0.2, -0.15) is 0 Å². The van der Waals surface area contributed by atoms with Crippen molar-refractivity contribution in [3.63, 3.8) is 0 Å². The first-order chi connectivity index (χ1) is 9.58. The van der Waals surface area contributed by atoms with Crippen LogP contribution in [0.2, 0.25) is 0 Å². The van der Waals surface area contributed by atoms with Crippen molar-refractivity contribution in [2.45, 2.75) is 6.92 Å². The highest BCUT2D eigenvalue weighted by Gasteiger charge is 2.09. The molecule has 102 valence electrons. The van der Waals surface area contributed by atoms with Gasteiger partial charge >= 0.3 is 0 Å². The molecular formula is C17H18N2O. The van der Waals surface area contributed by atoms with Crippen LogP contribution in [0.15, 0.2) is 54.6 Å². The summed E-state index contributed by atoms with van der Waals surface area (Å²) in [6.07, 6.45) is 3.36. The summed E-state index contributed by atoms with van der Waals surface area (Å²) in [5.74, 6) is -0.0591. The Morgan fingerprint density at radius 3 is 2.40 bits per heavy atom. The number of hydrogen-bond acceptors (Lipinski definition) is 2. The molecule has 0 radical (unpaired) electrons. The number of likely N-dealkylation sites (N-methyl/N-ethyl adjacent to an activating group) is 1. The first-order valence-corrected chi connectivity index (χ1v) is 6.45. The number of nitrogens with two attached hydrogens (primary N) is 1. The number of anilines is 2. The molecule has 2 rings (SSSR count). The van der Waals surface area contributed by atoms with E-state index in [0.29, 0.717) is 5.69 Å². The predicted octanol–water partition coefficient (Wildman–Crippen LogP) is 3.25. The van der Waals surface area contributed by atoms with Gasteiger partial charge in [0.1, 0.15) is 0 Å². The number of nitrogen functional groups attached to an aromatic ring is 1. The number of benzene rings is 2. The summed E-state index contributed by atoms with van der Waals surface area (Å²) >= 11 is 0. The third kappa shape index (κ3) is 3.26. The average Bonchev–Trinajstić information content (AvgIpc) is 2.46. The fourth-order valence-electron chi connectivity index (χ4n) is 1.94. The molecule has 3 nitrogen and oxygen atoms in total. The van der Waals surface area contributed by atoms with Gasteiger partial charge in [0.25, 0.3) is 5.91 Å². The van der Waals surface area contributed by atoms with Crippen LogP contribution < -0.4 is 10.6 Å². The fraction of sp³-hybridized carbons (Fsp3) is 0.118. The fourth-order valence-corrected chi connectivity index (χ4v) is 1.94. The summed E-state index contributed by atoms with van der Waals surface area (Å²) in [4.78, 5) is 13.8. The highest BCUT2D eigenvalue weighted by atomic mass is 16.2. The van der Waals surface area contributed by atoms with Gasteiger partial charge in [-0.05, 0) is 42.3 Å². The van der Waals surface area contributed by atoms with Gasteiger partial charge in [-0.25, -0.2) is 0 Å². The summed E-state index contributed by atoms with van der Waals surface area (Å²) in [6, 6.07) is 15.2. The molecule has 0 saturated carbocycles. The molecule has 2 N–H and O–H groups in total. The minimum atomic E-state index is -0.0591. The number of aryl methyl sites for hydroxylation is 1. The van der Waals surface area contributed by atoms with Crippen LogP contribution in [-0.2, 0) is 4.79 Å².